The molecule has 98 valence electrons. The van der Waals surface area contributed by atoms with Gasteiger partial charge < -0.3 is 4.74 Å². The van der Waals surface area contributed by atoms with E-state index in [1.54, 1.807) is 12.1 Å². The summed E-state index contributed by atoms with van der Waals surface area (Å²) >= 11 is 5.86. The van der Waals surface area contributed by atoms with Gasteiger partial charge in [-0.15, -0.1) is 0 Å². The van der Waals surface area contributed by atoms with Gasteiger partial charge >= 0.3 is 0 Å². The zero-order valence-corrected chi connectivity index (χ0v) is 11.0. The molecule has 18 heavy (non-hydrogen) atoms. The van der Waals surface area contributed by atoms with Crippen LogP contribution in [0.4, 0.5) is 4.39 Å². The van der Waals surface area contributed by atoms with Crippen molar-refractivity contribution in [3.8, 4) is 0 Å². The predicted molar refractivity (Wildman–Crippen MR) is 68.2 cm³/mol. The van der Waals surface area contributed by atoms with Gasteiger partial charge in [0.25, 0.3) is 0 Å². The monoisotopic (exact) mass is 270 g/mol. The number of carbonyl (C=O) groups excluding carboxylic acids is 1. The van der Waals surface area contributed by atoms with Crippen LogP contribution in [0, 0.1) is 17.7 Å². The minimum Gasteiger partial charge on any atom is -0.381 e. The first kappa shape index (κ1) is 13.5. The van der Waals surface area contributed by atoms with Gasteiger partial charge in [-0.3, -0.25) is 4.79 Å². The summed E-state index contributed by atoms with van der Waals surface area (Å²) in [4.78, 5) is 12.2. The minimum atomic E-state index is -0.470. The molecule has 2 atom stereocenters. The van der Waals surface area contributed by atoms with Gasteiger partial charge in [-0.2, -0.15) is 0 Å². The summed E-state index contributed by atoms with van der Waals surface area (Å²) in [6, 6.07) is 4.58. The second kappa shape index (κ2) is 5.81. The maximum absolute atomic E-state index is 13.3. The van der Waals surface area contributed by atoms with Crippen molar-refractivity contribution in [3.63, 3.8) is 0 Å². The third-order valence-corrected chi connectivity index (χ3v) is 3.87. The van der Waals surface area contributed by atoms with Crippen LogP contribution in [0.2, 0.25) is 5.02 Å². The normalized spacial score (nSPS) is 23.9. The van der Waals surface area contributed by atoms with Crippen LogP contribution in [0.15, 0.2) is 18.2 Å². The fourth-order valence-electron chi connectivity index (χ4n) is 2.36. The van der Waals surface area contributed by atoms with Crippen molar-refractivity contribution in [2.45, 2.75) is 19.8 Å². The fraction of sp³-hybridized carbons (Fsp3) is 0.500. The van der Waals surface area contributed by atoms with Crippen LogP contribution in [0.5, 0.6) is 0 Å². The molecule has 0 saturated carbocycles. The van der Waals surface area contributed by atoms with E-state index < -0.39 is 5.82 Å². The number of ether oxygens (including phenoxy) is 1. The molecule has 0 radical (unpaired) electrons. The van der Waals surface area contributed by atoms with Gasteiger partial charge in [-0.25, -0.2) is 4.39 Å². The predicted octanol–water partition coefficient (Wildman–Crippen LogP) is 3.26. The molecule has 0 aliphatic carbocycles. The van der Waals surface area contributed by atoms with E-state index in [4.69, 9.17) is 16.3 Å². The lowest BCUT2D eigenvalue weighted by Crippen LogP contribution is -2.32. The summed E-state index contributed by atoms with van der Waals surface area (Å²) in [5, 5.41) is 0.0607. The molecule has 1 saturated heterocycles. The van der Waals surface area contributed by atoms with Gasteiger partial charge in [0.1, 0.15) is 11.6 Å². The topological polar surface area (TPSA) is 26.3 Å². The first-order chi connectivity index (χ1) is 8.59. The van der Waals surface area contributed by atoms with E-state index in [-0.39, 0.29) is 29.1 Å². The lowest BCUT2D eigenvalue weighted by atomic mass is 9.84. The number of hydrogen-bond acceptors (Lipinski definition) is 2. The summed E-state index contributed by atoms with van der Waals surface area (Å²) < 4.78 is 18.6. The lowest BCUT2D eigenvalue weighted by molar-refractivity contribution is -0.127. The highest BCUT2D eigenvalue weighted by Gasteiger charge is 2.28. The molecule has 0 aromatic heterocycles. The quantitative estimate of drug-likeness (QED) is 0.843. The Balaban J connectivity index is 2.09. The van der Waals surface area contributed by atoms with Crippen molar-refractivity contribution in [3.05, 3.63) is 34.6 Å². The Morgan fingerprint density at radius 2 is 2.33 bits per heavy atom. The third-order valence-electron chi connectivity index (χ3n) is 3.45. The van der Waals surface area contributed by atoms with Gasteiger partial charge in [0.15, 0.2) is 0 Å². The minimum absolute atomic E-state index is 0.00177. The SMILES string of the molecule is CC1COCCC1C(=O)Cc1cccc(F)c1Cl. The Morgan fingerprint density at radius 1 is 1.56 bits per heavy atom. The molecule has 1 heterocycles. The van der Waals surface area contributed by atoms with Gasteiger partial charge in [-0.1, -0.05) is 30.7 Å². The van der Waals surface area contributed by atoms with Crippen LogP contribution < -0.4 is 0 Å². The van der Waals surface area contributed by atoms with E-state index in [1.165, 1.54) is 6.07 Å². The Labute approximate surface area is 111 Å². The highest BCUT2D eigenvalue weighted by molar-refractivity contribution is 6.31. The van der Waals surface area contributed by atoms with Gasteiger partial charge in [0, 0.05) is 25.6 Å². The van der Waals surface area contributed by atoms with E-state index in [2.05, 4.69) is 0 Å². The molecule has 0 spiro atoms. The smallest absolute Gasteiger partial charge is 0.142 e. The van der Waals surface area contributed by atoms with Crippen LogP contribution in [0.25, 0.3) is 0 Å². The van der Waals surface area contributed by atoms with Crippen LogP contribution >= 0.6 is 11.6 Å². The Bertz CT molecular complexity index is 447. The summed E-state index contributed by atoms with van der Waals surface area (Å²) in [7, 11) is 0. The van der Waals surface area contributed by atoms with Crippen molar-refractivity contribution in [2.24, 2.45) is 11.8 Å². The molecule has 1 aliphatic heterocycles. The van der Waals surface area contributed by atoms with Crippen LogP contribution in [0.3, 0.4) is 0 Å². The van der Waals surface area contributed by atoms with Crippen molar-refractivity contribution < 1.29 is 13.9 Å². The van der Waals surface area contributed by atoms with Crippen LogP contribution in [-0.2, 0) is 16.0 Å². The first-order valence-electron chi connectivity index (χ1n) is 6.13. The van der Waals surface area contributed by atoms with Gasteiger partial charge in [-0.05, 0) is 24.0 Å². The Kier molecular flexibility index (Phi) is 4.36. The summed E-state index contributed by atoms with van der Waals surface area (Å²) in [5.74, 6) is -0.128. The van der Waals surface area contributed by atoms with Crippen molar-refractivity contribution in [2.75, 3.05) is 13.2 Å². The molecule has 2 rings (SSSR count). The van der Waals surface area contributed by atoms with Crippen molar-refractivity contribution in [1.29, 1.82) is 0 Å². The van der Waals surface area contributed by atoms with Crippen molar-refractivity contribution in [1.82, 2.24) is 0 Å². The first-order valence-corrected chi connectivity index (χ1v) is 6.50. The zero-order valence-electron chi connectivity index (χ0n) is 10.3. The molecule has 1 fully saturated rings. The Morgan fingerprint density at radius 3 is 3.06 bits per heavy atom. The molecule has 0 amide bonds. The lowest BCUT2D eigenvalue weighted by Gasteiger charge is -2.27. The number of hydrogen-bond donors (Lipinski definition) is 0. The molecule has 1 aliphatic rings. The van der Waals surface area contributed by atoms with E-state index >= 15 is 0 Å². The maximum atomic E-state index is 13.3. The third kappa shape index (κ3) is 2.90. The summed E-state index contributed by atoms with van der Waals surface area (Å²) in [5.41, 5.74) is 0.570. The van der Waals surface area contributed by atoms with Gasteiger partial charge in [0.05, 0.1) is 5.02 Å². The molecule has 2 unspecified atom stereocenters. The van der Waals surface area contributed by atoms with Crippen LogP contribution in [0.1, 0.15) is 18.9 Å². The second-order valence-corrected chi connectivity index (χ2v) is 5.18. The second-order valence-electron chi connectivity index (χ2n) is 4.80. The number of carbonyl (C=O) groups is 1. The molecule has 0 bridgehead atoms. The fourth-order valence-corrected chi connectivity index (χ4v) is 2.56. The zero-order chi connectivity index (χ0) is 13.1. The van der Waals surface area contributed by atoms with E-state index in [1.807, 2.05) is 6.92 Å². The Hall–Kier alpha value is -0.930. The molecule has 0 N–H and O–H groups in total. The maximum Gasteiger partial charge on any atom is 0.142 e. The van der Waals surface area contributed by atoms with Crippen LogP contribution in [-0.4, -0.2) is 19.0 Å². The number of rotatable bonds is 3. The molecule has 2 nitrogen and oxygen atoms in total. The largest absolute Gasteiger partial charge is 0.381 e. The number of Topliss-reactive ketones (excluding diaryl/α,β-unsaturated/α-hetero) is 1. The molecule has 1 aromatic carbocycles. The van der Waals surface area contributed by atoms with E-state index in [0.717, 1.165) is 6.42 Å². The highest BCUT2D eigenvalue weighted by Crippen LogP contribution is 2.26. The number of ketones is 1. The number of benzene rings is 1. The summed E-state index contributed by atoms with van der Waals surface area (Å²) in [6.07, 6.45) is 0.943. The average Bonchev–Trinajstić information content (AvgIpc) is 2.35. The number of halogens is 2. The molecular weight excluding hydrogens is 255 g/mol. The van der Waals surface area contributed by atoms with Crippen molar-refractivity contribution >= 4 is 17.4 Å². The average molecular weight is 271 g/mol. The van der Waals surface area contributed by atoms with E-state index in [0.29, 0.717) is 18.8 Å². The van der Waals surface area contributed by atoms with E-state index in [9.17, 15) is 9.18 Å². The molecule has 4 heteroatoms. The molecule has 1 aromatic rings. The summed E-state index contributed by atoms with van der Waals surface area (Å²) in [6.45, 7) is 3.25. The van der Waals surface area contributed by atoms with Gasteiger partial charge in [0.2, 0.25) is 0 Å². The standard InChI is InChI=1S/C14H16ClFO2/c1-9-8-18-6-5-11(9)13(17)7-10-3-2-4-12(16)14(10)15/h2-4,9,11H,5-8H2,1H3. The molecular formula is C14H16ClFO2. The highest BCUT2D eigenvalue weighted by atomic mass is 35.5.